The third kappa shape index (κ3) is 5.49. The number of hydrogen-bond donors (Lipinski definition) is 4. The average Bonchev–Trinajstić information content (AvgIpc) is 2.89. The number of rotatable bonds is 0. The smallest absolute Gasteiger partial charge is 0.0485 e. The van der Waals surface area contributed by atoms with E-state index in [1.165, 1.54) is 22.3 Å². The van der Waals surface area contributed by atoms with Crippen molar-refractivity contribution in [3.63, 3.8) is 0 Å². The molecule has 4 aromatic carbocycles. The van der Waals surface area contributed by atoms with Crippen molar-refractivity contribution < 1.29 is 0 Å². The van der Waals surface area contributed by atoms with E-state index in [4.69, 9.17) is 0 Å². The molecule has 4 atom stereocenters. The SMILES string of the molecule is C[C@@H]1Nc2ccc(cc2)[C@@H](C)Nc2ccc(cc2)[C@H](C)Nc2ccc(cc2)[C@@H](C)Nc2ccc1cc2. The fourth-order valence-electron chi connectivity index (χ4n) is 4.81. The molecule has 0 spiro atoms. The summed E-state index contributed by atoms with van der Waals surface area (Å²) >= 11 is 0. The van der Waals surface area contributed by atoms with Gasteiger partial charge >= 0.3 is 0 Å². The monoisotopic (exact) mass is 476 g/mol. The van der Waals surface area contributed by atoms with Gasteiger partial charge in [0.05, 0.1) is 0 Å². The molecular weight excluding hydrogens is 440 g/mol. The van der Waals surface area contributed by atoms with Crippen LogP contribution in [0.15, 0.2) is 97.1 Å². The molecule has 4 heteroatoms. The van der Waals surface area contributed by atoms with Crippen molar-refractivity contribution in [3.05, 3.63) is 119 Å². The van der Waals surface area contributed by atoms with E-state index < -0.39 is 0 Å². The van der Waals surface area contributed by atoms with Crippen LogP contribution >= 0.6 is 0 Å². The van der Waals surface area contributed by atoms with Crippen molar-refractivity contribution in [2.45, 2.75) is 51.9 Å². The molecule has 0 saturated heterocycles. The number of anilines is 4. The first-order chi connectivity index (χ1) is 17.4. The van der Waals surface area contributed by atoms with Gasteiger partial charge in [-0.15, -0.1) is 0 Å². The zero-order valence-corrected chi connectivity index (χ0v) is 21.5. The maximum absolute atomic E-state index is 3.64. The van der Waals surface area contributed by atoms with Gasteiger partial charge in [0.15, 0.2) is 0 Å². The van der Waals surface area contributed by atoms with Gasteiger partial charge in [0, 0.05) is 46.9 Å². The molecule has 7 aliphatic heterocycles. The topological polar surface area (TPSA) is 48.1 Å². The molecule has 7 heterocycles. The van der Waals surface area contributed by atoms with E-state index in [0.29, 0.717) is 0 Å². The van der Waals surface area contributed by atoms with Gasteiger partial charge in [-0.2, -0.15) is 0 Å². The Labute approximate surface area is 215 Å². The quantitative estimate of drug-likeness (QED) is 0.205. The zero-order chi connectivity index (χ0) is 25.1. The van der Waals surface area contributed by atoms with Crippen LogP contribution < -0.4 is 21.3 Å². The molecule has 0 saturated carbocycles. The van der Waals surface area contributed by atoms with Gasteiger partial charge in [0.25, 0.3) is 0 Å². The fraction of sp³-hybridized carbons (Fsp3) is 0.250. The van der Waals surface area contributed by atoms with Crippen LogP contribution in [0, 0.1) is 0 Å². The molecule has 4 nitrogen and oxygen atoms in total. The summed E-state index contributed by atoms with van der Waals surface area (Å²) in [5, 5.41) is 14.5. The number of benzene rings is 4. The Bertz CT molecular complexity index is 1060. The first-order valence-corrected chi connectivity index (χ1v) is 12.9. The first kappa shape index (κ1) is 23.8. The van der Waals surface area contributed by atoms with Crippen molar-refractivity contribution in [1.29, 1.82) is 0 Å². The second-order valence-electron chi connectivity index (χ2n) is 9.95. The molecule has 0 aliphatic carbocycles. The average molecular weight is 477 g/mol. The zero-order valence-electron chi connectivity index (χ0n) is 21.5. The molecule has 0 fully saturated rings. The molecule has 8 bridgehead atoms. The Kier molecular flexibility index (Phi) is 6.86. The molecular formula is C32H36N4. The summed E-state index contributed by atoms with van der Waals surface area (Å²) in [7, 11) is 0. The lowest BCUT2D eigenvalue weighted by Crippen LogP contribution is -2.10. The molecule has 4 aromatic rings. The van der Waals surface area contributed by atoms with E-state index in [9.17, 15) is 0 Å². The van der Waals surface area contributed by atoms with Gasteiger partial charge in [-0.05, 0) is 98.5 Å². The molecule has 36 heavy (non-hydrogen) atoms. The van der Waals surface area contributed by atoms with Crippen LogP contribution in [0.3, 0.4) is 0 Å². The lowest BCUT2D eigenvalue weighted by molar-refractivity contribution is 0.865. The van der Waals surface area contributed by atoms with Gasteiger partial charge < -0.3 is 21.3 Å². The van der Waals surface area contributed by atoms with Crippen molar-refractivity contribution in [3.8, 4) is 0 Å². The van der Waals surface area contributed by atoms with Crippen LogP contribution in [0.5, 0.6) is 0 Å². The predicted molar refractivity (Wildman–Crippen MR) is 154 cm³/mol. The molecule has 7 aliphatic rings. The molecule has 0 aromatic heterocycles. The van der Waals surface area contributed by atoms with E-state index in [1.54, 1.807) is 0 Å². The maximum Gasteiger partial charge on any atom is 0.0485 e. The molecule has 0 radical (unpaired) electrons. The minimum Gasteiger partial charge on any atom is -0.379 e. The van der Waals surface area contributed by atoms with Gasteiger partial charge in [-0.25, -0.2) is 0 Å². The summed E-state index contributed by atoms with van der Waals surface area (Å²) in [4.78, 5) is 0. The maximum atomic E-state index is 3.64. The lowest BCUT2D eigenvalue weighted by atomic mass is 10.0. The summed E-state index contributed by atoms with van der Waals surface area (Å²) in [5.74, 6) is 0. The number of nitrogens with one attached hydrogen (secondary N) is 4. The van der Waals surface area contributed by atoms with Crippen LogP contribution in [0.25, 0.3) is 0 Å². The van der Waals surface area contributed by atoms with Crippen LogP contribution in [-0.4, -0.2) is 0 Å². The first-order valence-electron chi connectivity index (χ1n) is 12.9. The molecule has 0 unspecified atom stereocenters. The Hall–Kier alpha value is -3.92. The van der Waals surface area contributed by atoms with E-state index >= 15 is 0 Å². The van der Waals surface area contributed by atoms with Crippen molar-refractivity contribution in [2.24, 2.45) is 0 Å². The summed E-state index contributed by atoms with van der Waals surface area (Å²) in [6.07, 6.45) is 0. The number of hydrogen-bond acceptors (Lipinski definition) is 4. The molecule has 4 N–H and O–H groups in total. The highest BCUT2D eigenvalue weighted by Gasteiger charge is 2.11. The summed E-state index contributed by atoms with van der Waals surface area (Å²) in [6, 6.07) is 35.8. The standard InChI is InChI=1S/C32H36N4/c1-21-25-5-13-30(14-6-25)34-23(3)27-9-17-32(18-10-27)36-24(4)28-11-19-31(20-12-28)35-22(2)26-7-15-29(33-21)16-8-26/h5-24,33-36H,1-4H3/t21-,22+,23+,24-. The Balaban J connectivity index is 1.43. The van der Waals surface area contributed by atoms with E-state index in [-0.39, 0.29) is 24.2 Å². The van der Waals surface area contributed by atoms with Crippen LogP contribution in [0.2, 0.25) is 0 Å². The second kappa shape index (κ2) is 10.4. The molecule has 184 valence electrons. The Morgan fingerprint density at radius 3 is 0.639 bits per heavy atom. The highest BCUT2D eigenvalue weighted by molar-refractivity contribution is 5.54. The minimum atomic E-state index is 0.212. The Morgan fingerprint density at radius 2 is 0.472 bits per heavy atom. The second-order valence-corrected chi connectivity index (χ2v) is 9.95. The third-order valence-electron chi connectivity index (χ3n) is 7.18. The van der Waals surface area contributed by atoms with Gasteiger partial charge in [0.1, 0.15) is 0 Å². The minimum absolute atomic E-state index is 0.212. The van der Waals surface area contributed by atoms with E-state index in [1.807, 2.05) is 0 Å². The van der Waals surface area contributed by atoms with Crippen molar-refractivity contribution >= 4 is 22.7 Å². The van der Waals surface area contributed by atoms with Crippen molar-refractivity contribution in [1.82, 2.24) is 0 Å². The summed E-state index contributed by atoms with van der Waals surface area (Å²) in [6.45, 7) is 8.81. The molecule has 11 rings (SSSR count). The summed E-state index contributed by atoms with van der Waals surface area (Å²) < 4.78 is 0. The van der Waals surface area contributed by atoms with Crippen LogP contribution in [-0.2, 0) is 0 Å². The van der Waals surface area contributed by atoms with Crippen LogP contribution in [0.1, 0.15) is 74.1 Å². The highest BCUT2D eigenvalue weighted by atomic mass is 14.9. The van der Waals surface area contributed by atoms with Gasteiger partial charge in [-0.1, -0.05) is 48.5 Å². The predicted octanol–water partition coefficient (Wildman–Crippen LogP) is 8.69. The van der Waals surface area contributed by atoms with Gasteiger partial charge in [0.2, 0.25) is 0 Å². The Morgan fingerprint density at radius 1 is 0.306 bits per heavy atom. The lowest BCUT2D eigenvalue weighted by Gasteiger charge is -2.21. The fourth-order valence-corrected chi connectivity index (χ4v) is 4.81. The van der Waals surface area contributed by atoms with Crippen LogP contribution in [0.4, 0.5) is 22.7 Å². The molecule has 0 amide bonds. The van der Waals surface area contributed by atoms with E-state index in [0.717, 1.165) is 22.7 Å². The van der Waals surface area contributed by atoms with Crippen molar-refractivity contribution in [2.75, 3.05) is 21.3 Å². The highest BCUT2D eigenvalue weighted by Crippen LogP contribution is 2.28. The van der Waals surface area contributed by atoms with Gasteiger partial charge in [-0.3, -0.25) is 0 Å². The summed E-state index contributed by atoms with van der Waals surface area (Å²) in [5.41, 5.74) is 9.53. The third-order valence-corrected chi connectivity index (χ3v) is 7.18. The normalized spacial score (nSPS) is 21.7. The largest absolute Gasteiger partial charge is 0.379 e. The van der Waals surface area contributed by atoms with E-state index in [2.05, 4.69) is 146 Å².